The van der Waals surface area contributed by atoms with Crippen molar-refractivity contribution in [2.45, 2.75) is 13.8 Å². The Kier molecular flexibility index (Phi) is 4.90. The van der Waals surface area contributed by atoms with Crippen LogP contribution in [0.25, 0.3) is 22.2 Å². The first-order valence-corrected chi connectivity index (χ1v) is 10.5. The summed E-state index contributed by atoms with van der Waals surface area (Å²) in [6, 6.07) is 19.9. The normalized spacial score (nSPS) is 14.3. The van der Waals surface area contributed by atoms with Gasteiger partial charge in [0.1, 0.15) is 17.2 Å². The minimum absolute atomic E-state index is 0.0443. The van der Waals surface area contributed by atoms with E-state index in [2.05, 4.69) is 27.0 Å². The number of furan rings is 1. The van der Waals surface area contributed by atoms with Gasteiger partial charge in [0, 0.05) is 48.8 Å². The number of carbonyl (C=O) groups is 1. The molecule has 0 spiro atoms. The standard InChI is InChI=1S/C25H24N4O2/c1-17-20-10-6-7-11-22(20)31-24(17)25(30)29-14-12-28(13-15-29)23-16-21(26-18(2)27-23)19-8-4-3-5-9-19/h3-11,16H,12-15H2,1-2H3. The molecule has 3 heterocycles. The number of fused-ring (bicyclic) bond motifs is 1. The largest absolute Gasteiger partial charge is 0.451 e. The lowest BCUT2D eigenvalue weighted by Crippen LogP contribution is -2.49. The molecule has 1 aliphatic rings. The number of hydrogen-bond acceptors (Lipinski definition) is 5. The average Bonchev–Trinajstić information content (AvgIpc) is 3.15. The van der Waals surface area contributed by atoms with Crippen LogP contribution in [0, 0.1) is 13.8 Å². The Morgan fingerprint density at radius 1 is 0.903 bits per heavy atom. The number of benzene rings is 2. The van der Waals surface area contributed by atoms with E-state index in [9.17, 15) is 4.79 Å². The van der Waals surface area contributed by atoms with Crippen LogP contribution in [-0.2, 0) is 0 Å². The van der Waals surface area contributed by atoms with Crippen molar-refractivity contribution in [1.29, 1.82) is 0 Å². The number of nitrogens with zero attached hydrogens (tertiary/aromatic N) is 4. The lowest BCUT2D eigenvalue weighted by Gasteiger charge is -2.35. The maximum absolute atomic E-state index is 13.1. The van der Waals surface area contributed by atoms with Crippen molar-refractivity contribution < 1.29 is 9.21 Å². The van der Waals surface area contributed by atoms with Gasteiger partial charge in [-0.3, -0.25) is 4.79 Å². The van der Waals surface area contributed by atoms with Crippen LogP contribution < -0.4 is 4.90 Å². The Hall–Kier alpha value is -3.67. The first kappa shape index (κ1) is 19.3. The fourth-order valence-corrected chi connectivity index (χ4v) is 4.13. The Morgan fingerprint density at radius 3 is 2.35 bits per heavy atom. The maximum Gasteiger partial charge on any atom is 0.290 e. The van der Waals surface area contributed by atoms with Crippen LogP contribution in [0.15, 0.2) is 65.1 Å². The van der Waals surface area contributed by atoms with Crippen LogP contribution in [0.1, 0.15) is 21.9 Å². The van der Waals surface area contributed by atoms with Crippen LogP contribution in [0.3, 0.4) is 0 Å². The van der Waals surface area contributed by atoms with E-state index >= 15 is 0 Å². The van der Waals surface area contributed by atoms with Crippen molar-refractivity contribution in [2.24, 2.45) is 0 Å². The van der Waals surface area contributed by atoms with E-state index < -0.39 is 0 Å². The minimum atomic E-state index is -0.0443. The van der Waals surface area contributed by atoms with Crippen molar-refractivity contribution in [2.75, 3.05) is 31.1 Å². The third-order valence-electron chi connectivity index (χ3n) is 5.82. The highest BCUT2D eigenvalue weighted by Gasteiger charge is 2.27. The number of para-hydroxylation sites is 1. The van der Waals surface area contributed by atoms with Gasteiger partial charge in [-0.2, -0.15) is 0 Å². The SMILES string of the molecule is Cc1nc(-c2ccccc2)cc(N2CCN(C(=O)c3oc4ccccc4c3C)CC2)n1. The fraction of sp³-hybridized carbons (Fsp3) is 0.240. The molecule has 0 radical (unpaired) electrons. The maximum atomic E-state index is 13.1. The van der Waals surface area contributed by atoms with Crippen LogP contribution in [0.5, 0.6) is 0 Å². The highest BCUT2D eigenvalue weighted by Crippen LogP contribution is 2.27. The topological polar surface area (TPSA) is 62.5 Å². The van der Waals surface area contributed by atoms with Crippen molar-refractivity contribution in [3.8, 4) is 11.3 Å². The highest BCUT2D eigenvalue weighted by atomic mass is 16.3. The lowest BCUT2D eigenvalue weighted by atomic mass is 10.1. The quantitative estimate of drug-likeness (QED) is 0.497. The summed E-state index contributed by atoms with van der Waals surface area (Å²) in [5.74, 6) is 2.04. The number of aromatic nitrogens is 2. The molecule has 6 heteroatoms. The predicted molar refractivity (Wildman–Crippen MR) is 121 cm³/mol. The molecule has 0 N–H and O–H groups in total. The minimum Gasteiger partial charge on any atom is -0.451 e. The molecule has 1 fully saturated rings. The Morgan fingerprint density at radius 2 is 1.61 bits per heavy atom. The Labute approximate surface area is 181 Å². The Bertz CT molecular complexity index is 1240. The van der Waals surface area contributed by atoms with E-state index in [1.54, 1.807) is 0 Å². The third kappa shape index (κ3) is 3.65. The molecule has 156 valence electrons. The number of piperazine rings is 1. The van der Waals surface area contributed by atoms with Crippen LogP contribution in [0.2, 0.25) is 0 Å². The molecule has 0 aliphatic carbocycles. The van der Waals surface area contributed by atoms with Crippen molar-refractivity contribution in [3.63, 3.8) is 0 Å². The zero-order chi connectivity index (χ0) is 21.4. The molecule has 31 heavy (non-hydrogen) atoms. The molecule has 1 amide bonds. The summed E-state index contributed by atoms with van der Waals surface area (Å²) in [6.45, 7) is 6.55. The molecule has 5 rings (SSSR count). The second-order valence-corrected chi connectivity index (χ2v) is 7.86. The monoisotopic (exact) mass is 412 g/mol. The van der Waals surface area contributed by atoms with E-state index in [0.717, 1.165) is 52.5 Å². The summed E-state index contributed by atoms with van der Waals surface area (Å²) in [7, 11) is 0. The summed E-state index contributed by atoms with van der Waals surface area (Å²) in [6.07, 6.45) is 0. The lowest BCUT2D eigenvalue weighted by molar-refractivity contribution is 0.0716. The molecular formula is C25H24N4O2. The zero-order valence-electron chi connectivity index (χ0n) is 17.7. The van der Waals surface area contributed by atoms with Gasteiger partial charge in [0.25, 0.3) is 5.91 Å². The molecule has 0 unspecified atom stereocenters. The molecular weight excluding hydrogens is 388 g/mol. The van der Waals surface area contributed by atoms with Gasteiger partial charge >= 0.3 is 0 Å². The van der Waals surface area contributed by atoms with Crippen molar-refractivity contribution >= 4 is 22.7 Å². The van der Waals surface area contributed by atoms with E-state index in [-0.39, 0.29) is 5.91 Å². The molecule has 2 aromatic heterocycles. The molecule has 4 aromatic rings. The van der Waals surface area contributed by atoms with Gasteiger partial charge < -0.3 is 14.2 Å². The first-order valence-electron chi connectivity index (χ1n) is 10.5. The van der Waals surface area contributed by atoms with Gasteiger partial charge in [0.05, 0.1) is 5.69 Å². The highest BCUT2D eigenvalue weighted by molar-refractivity contribution is 5.99. The van der Waals surface area contributed by atoms with Gasteiger partial charge in [-0.1, -0.05) is 48.5 Å². The summed E-state index contributed by atoms with van der Waals surface area (Å²) in [5, 5.41) is 0.995. The summed E-state index contributed by atoms with van der Waals surface area (Å²) >= 11 is 0. The summed E-state index contributed by atoms with van der Waals surface area (Å²) in [4.78, 5) is 26.4. The average molecular weight is 412 g/mol. The summed E-state index contributed by atoms with van der Waals surface area (Å²) < 4.78 is 5.88. The zero-order valence-corrected chi connectivity index (χ0v) is 17.7. The third-order valence-corrected chi connectivity index (χ3v) is 5.82. The van der Waals surface area contributed by atoms with E-state index in [1.165, 1.54) is 0 Å². The van der Waals surface area contributed by atoms with Crippen LogP contribution in [-0.4, -0.2) is 47.0 Å². The van der Waals surface area contributed by atoms with Crippen molar-refractivity contribution in [1.82, 2.24) is 14.9 Å². The van der Waals surface area contributed by atoms with Crippen molar-refractivity contribution in [3.05, 3.63) is 77.8 Å². The van der Waals surface area contributed by atoms with Gasteiger partial charge in [-0.15, -0.1) is 0 Å². The molecule has 2 aromatic carbocycles. The molecule has 0 bridgehead atoms. The number of amides is 1. The van der Waals surface area contributed by atoms with E-state index in [1.807, 2.05) is 67.3 Å². The van der Waals surface area contributed by atoms with Crippen LogP contribution in [0.4, 0.5) is 5.82 Å². The summed E-state index contributed by atoms with van der Waals surface area (Å²) in [5.41, 5.74) is 3.65. The van der Waals surface area contributed by atoms with E-state index in [0.29, 0.717) is 18.8 Å². The van der Waals surface area contributed by atoms with Gasteiger partial charge in [0.15, 0.2) is 5.76 Å². The smallest absolute Gasteiger partial charge is 0.290 e. The van der Waals surface area contributed by atoms with Gasteiger partial charge in [0.2, 0.25) is 0 Å². The molecule has 1 aliphatic heterocycles. The second kappa shape index (κ2) is 7.87. The number of rotatable bonds is 3. The van der Waals surface area contributed by atoms with E-state index in [4.69, 9.17) is 4.42 Å². The van der Waals surface area contributed by atoms with Gasteiger partial charge in [-0.25, -0.2) is 9.97 Å². The number of aryl methyl sites for hydroxylation is 2. The fourth-order valence-electron chi connectivity index (χ4n) is 4.13. The Balaban J connectivity index is 1.33. The molecule has 0 atom stereocenters. The number of carbonyl (C=O) groups excluding carboxylic acids is 1. The van der Waals surface area contributed by atoms with Gasteiger partial charge in [-0.05, 0) is 19.9 Å². The molecule has 1 saturated heterocycles. The predicted octanol–water partition coefficient (Wildman–Crippen LogP) is 4.47. The van der Waals surface area contributed by atoms with Crippen LogP contribution >= 0.6 is 0 Å². The first-order chi connectivity index (χ1) is 15.1. The second-order valence-electron chi connectivity index (χ2n) is 7.86. The molecule has 6 nitrogen and oxygen atoms in total. The molecule has 0 saturated carbocycles. The number of hydrogen-bond donors (Lipinski definition) is 0. The number of anilines is 1.